The van der Waals surface area contributed by atoms with Crippen molar-refractivity contribution >= 4 is 27.5 Å². The molecule has 2 aliphatic rings. The number of benzene rings is 1. The molecular formula is C20H25N3OS. The van der Waals surface area contributed by atoms with Crippen molar-refractivity contribution in [1.29, 1.82) is 0 Å². The lowest BCUT2D eigenvalue weighted by Gasteiger charge is -2.33. The fraction of sp³-hybridized carbons (Fsp3) is 0.500. The SMILES string of the molecule is CC1CNCCC1NC(=O)C1CC=CCC1c1nc2ccccc2s1. The Morgan fingerprint density at radius 2 is 2.12 bits per heavy atom. The maximum Gasteiger partial charge on any atom is 0.224 e. The Labute approximate surface area is 152 Å². The van der Waals surface area contributed by atoms with E-state index >= 15 is 0 Å². The summed E-state index contributed by atoms with van der Waals surface area (Å²) >= 11 is 1.74. The molecule has 2 aromatic rings. The summed E-state index contributed by atoms with van der Waals surface area (Å²) in [6.07, 6.45) is 7.08. The van der Waals surface area contributed by atoms with Crippen LogP contribution in [0.1, 0.15) is 37.1 Å². The van der Waals surface area contributed by atoms with Crippen molar-refractivity contribution in [3.05, 3.63) is 41.4 Å². The summed E-state index contributed by atoms with van der Waals surface area (Å²) < 4.78 is 1.21. The monoisotopic (exact) mass is 355 g/mol. The van der Waals surface area contributed by atoms with Crippen LogP contribution >= 0.6 is 11.3 Å². The molecule has 1 aromatic heterocycles. The Morgan fingerprint density at radius 1 is 1.28 bits per heavy atom. The number of para-hydroxylation sites is 1. The highest BCUT2D eigenvalue weighted by Gasteiger charge is 2.34. The molecule has 1 fully saturated rings. The quantitative estimate of drug-likeness (QED) is 0.829. The van der Waals surface area contributed by atoms with Gasteiger partial charge >= 0.3 is 0 Å². The molecular weight excluding hydrogens is 330 g/mol. The van der Waals surface area contributed by atoms with Gasteiger partial charge in [0.2, 0.25) is 5.91 Å². The molecule has 4 unspecified atom stereocenters. The molecule has 0 bridgehead atoms. The zero-order chi connectivity index (χ0) is 17.2. The lowest BCUT2D eigenvalue weighted by atomic mass is 9.82. The largest absolute Gasteiger partial charge is 0.353 e. The van der Waals surface area contributed by atoms with Crippen molar-refractivity contribution in [3.8, 4) is 0 Å². The summed E-state index contributed by atoms with van der Waals surface area (Å²) in [5, 5.41) is 7.83. The lowest BCUT2D eigenvalue weighted by molar-refractivity contribution is -0.127. The average molecular weight is 356 g/mol. The Bertz CT molecular complexity index is 751. The lowest BCUT2D eigenvalue weighted by Crippen LogP contribution is -2.50. The van der Waals surface area contributed by atoms with Crippen LogP contribution in [0.4, 0.5) is 0 Å². The number of fused-ring (bicyclic) bond motifs is 1. The fourth-order valence-corrected chi connectivity index (χ4v) is 5.09. The van der Waals surface area contributed by atoms with Crippen LogP contribution in [0.15, 0.2) is 36.4 Å². The maximum absolute atomic E-state index is 13.0. The van der Waals surface area contributed by atoms with E-state index in [1.54, 1.807) is 11.3 Å². The first-order chi connectivity index (χ1) is 12.2. The number of carbonyl (C=O) groups is 1. The Morgan fingerprint density at radius 3 is 2.96 bits per heavy atom. The molecule has 1 amide bonds. The van der Waals surface area contributed by atoms with Gasteiger partial charge in [0.1, 0.15) is 0 Å². The summed E-state index contributed by atoms with van der Waals surface area (Å²) in [7, 11) is 0. The van der Waals surface area contributed by atoms with E-state index in [0.717, 1.165) is 42.9 Å². The van der Waals surface area contributed by atoms with E-state index in [0.29, 0.717) is 5.92 Å². The van der Waals surface area contributed by atoms with Crippen LogP contribution in [0.3, 0.4) is 0 Å². The topological polar surface area (TPSA) is 54.0 Å². The molecule has 25 heavy (non-hydrogen) atoms. The van der Waals surface area contributed by atoms with E-state index in [9.17, 15) is 4.79 Å². The molecule has 5 heteroatoms. The number of nitrogens with one attached hydrogen (secondary N) is 2. The smallest absolute Gasteiger partial charge is 0.224 e. The Balaban J connectivity index is 1.54. The van der Waals surface area contributed by atoms with Gasteiger partial charge in [-0.15, -0.1) is 11.3 Å². The number of hydrogen-bond donors (Lipinski definition) is 2. The minimum absolute atomic E-state index is 0.00681. The predicted molar refractivity (Wildman–Crippen MR) is 103 cm³/mol. The van der Waals surface area contributed by atoms with Gasteiger partial charge in [0.25, 0.3) is 0 Å². The van der Waals surface area contributed by atoms with Crippen molar-refractivity contribution in [2.75, 3.05) is 13.1 Å². The first-order valence-electron chi connectivity index (χ1n) is 9.24. The summed E-state index contributed by atoms with van der Waals surface area (Å²) in [6, 6.07) is 8.53. The molecule has 2 heterocycles. The predicted octanol–water partition coefficient (Wildman–Crippen LogP) is 3.46. The van der Waals surface area contributed by atoms with Crippen LogP contribution in [-0.2, 0) is 4.79 Å². The van der Waals surface area contributed by atoms with Crippen molar-refractivity contribution in [1.82, 2.24) is 15.6 Å². The van der Waals surface area contributed by atoms with Gasteiger partial charge in [0.15, 0.2) is 0 Å². The molecule has 0 radical (unpaired) electrons. The highest BCUT2D eigenvalue weighted by Crippen LogP contribution is 2.38. The zero-order valence-electron chi connectivity index (χ0n) is 14.6. The number of aromatic nitrogens is 1. The first-order valence-corrected chi connectivity index (χ1v) is 10.1. The summed E-state index contributed by atoms with van der Waals surface area (Å²) in [6.45, 7) is 4.18. The van der Waals surface area contributed by atoms with Gasteiger partial charge < -0.3 is 10.6 Å². The van der Waals surface area contributed by atoms with Gasteiger partial charge in [-0.05, 0) is 50.4 Å². The molecule has 4 atom stereocenters. The molecule has 132 valence electrons. The van der Waals surface area contributed by atoms with Gasteiger partial charge in [-0.2, -0.15) is 0 Å². The van der Waals surface area contributed by atoms with Crippen LogP contribution in [0.2, 0.25) is 0 Å². The highest BCUT2D eigenvalue weighted by atomic mass is 32.1. The third-order valence-electron chi connectivity index (χ3n) is 5.51. The van der Waals surface area contributed by atoms with Crippen LogP contribution < -0.4 is 10.6 Å². The van der Waals surface area contributed by atoms with Crippen LogP contribution in [0, 0.1) is 11.8 Å². The van der Waals surface area contributed by atoms with Crippen molar-refractivity contribution in [2.24, 2.45) is 11.8 Å². The van der Waals surface area contributed by atoms with E-state index in [4.69, 9.17) is 4.98 Å². The average Bonchev–Trinajstić information content (AvgIpc) is 3.07. The normalized spacial score (nSPS) is 29.6. The molecule has 2 N–H and O–H groups in total. The molecule has 1 saturated heterocycles. The Hall–Kier alpha value is -1.72. The van der Waals surface area contributed by atoms with Crippen molar-refractivity contribution in [3.63, 3.8) is 0 Å². The van der Waals surface area contributed by atoms with Crippen LogP contribution in [-0.4, -0.2) is 30.0 Å². The van der Waals surface area contributed by atoms with Gasteiger partial charge in [-0.25, -0.2) is 4.98 Å². The number of piperidine rings is 1. The fourth-order valence-electron chi connectivity index (χ4n) is 3.94. The van der Waals surface area contributed by atoms with Gasteiger partial charge in [0.05, 0.1) is 21.1 Å². The third-order valence-corrected chi connectivity index (χ3v) is 6.68. The summed E-state index contributed by atoms with van der Waals surface area (Å²) in [4.78, 5) is 17.8. The molecule has 4 nitrogen and oxygen atoms in total. The van der Waals surface area contributed by atoms with E-state index in [1.165, 1.54) is 4.70 Å². The maximum atomic E-state index is 13.0. The van der Waals surface area contributed by atoms with E-state index in [-0.39, 0.29) is 23.8 Å². The third kappa shape index (κ3) is 3.48. The zero-order valence-corrected chi connectivity index (χ0v) is 15.4. The summed E-state index contributed by atoms with van der Waals surface area (Å²) in [5.74, 6) is 0.872. The summed E-state index contributed by atoms with van der Waals surface area (Å²) in [5.41, 5.74) is 1.04. The minimum atomic E-state index is -0.00681. The molecule has 1 aromatic carbocycles. The molecule has 0 saturated carbocycles. The second-order valence-corrected chi connectivity index (χ2v) is 8.32. The highest BCUT2D eigenvalue weighted by molar-refractivity contribution is 7.18. The second-order valence-electron chi connectivity index (χ2n) is 7.26. The minimum Gasteiger partial charge on any atom is -0.353 e. The van der Waals surface area contributed by atoms with Crippen molar-refractivity contribution in [2.45, 2.75) is 38.1 Å². The van der Waals surface area contributed by atoms with E-state index in [1.807, 2.05) is 12.1 Å². The number of thiazole rings is 1. The number of amides is 1. The molecule has 0 spiro atoms. The number of hydrogen-bond acceptors (Lipinski definition) is 4. The van der Waals surface area contributed by atoms with Gasteiger partial charge in [-0.1, -0.05) is 31.2 Å². The van der Waals surface area contributed by atoms with Crippen LogP contribution in [0.5, 0.6) is 0 Å². The number of allylic oxidation sites excluding steroid dienone is 2. The molecule has 1 aliphatic heterocycles. The van der Waals surface area contributed by atoms with Gasteiger partial charge in [-0.3, -0.25) is 4.79 Å². The standard InChI is InChI=1S/C20H25N3OS/c1-13-12-21-11-10-16(13)22-19(24)14-6-2-3-7-15(14)20-23-17-8-4-5-9-18(17)25-20/h2-5,8-9,13-16,21H,6-7,10-12H2,1H3,(H,22,24). The second kappa shape index (κ2) is 7.26. The van der Waals surface area contributed by atoms with E-state index in [2.05, 4.69) is 41.8 Å². The van der Waals surface area contributed by atoms with E-state index < -0.39 is 0 Å². The first kappa shape index (κ1) is 16.7. The molecule has 4 rings (SSSR count). The van der Waals surface area contributed by atoms with Crippen molar-refractivity contribution < 1.29 is 4.79 Å². The van der Waals surface area contributed by atoms with Gasteiger partial charge in [0, 0.05) is 12.0 Å². The van der Waals surface area contributed by atoms with Crippen LogP contribution in [0.25, 0.3) is 10.2 Å². The Kier molecular flexibility index (Phi) is 4.86. The molecule has 1 aliphatic carbocycles. The number of nitrogens with zero attached hydrogens (tertiary/aromatic N) is 1. The number of carbonyl (C=O) groups excluding carboxylic acids is 1. The number of rotatable bonds is 3.